The minimum absolute atomic E-state index is 0.0615. The van der Waals surface area contributed by atoms with Crippen molar-refractivity contribution in [2.45, 2.75) is 58.0 Å². The third kappa shape index (κ3) is 8.03. The minimum atomic E-state index is -4.26. The van der Waals surface area contributed by atoms with E-state index in [1.807, 2.05) is 64.1 Å². The molecule has 3 aromatic rings. The molecular formula is C32H41N3O6S. The number of methoxy groups -OCH3 is 2. The molecule has 0 saturated heterocycles. The third-order valence-electron chi connectivity index (χ3n) is 6.80. The van der Waals surface area contributed by atoms with Crippen molar-refractivity contribution in [3.63, 3.8) is 0 Å². The van der Waals surface area contributed by atoms with Crippen LogP contribution in [0.3, 0.4) is 0 Å². The van der Waals surface area contributed by atoms with E-state index in [-0.39, 0.29) is 29.1 Å². The van der Waals surface area contributed by atoms with Gasteiger partial charge in [0, 0.05) is 18.7 Å². The van der Waals surface area contributed by atoms with Crippen molar-refractivity contribution in [1.82, 2.24) is 10.2 Å². The molecule has 0 radical (unpaired) electrons. The number of hydrogen-bond acceptors (Lipinski definition) is 6. The molecule has 10 heteroatoms. The van der Waals surface area contributed by atoms with Crippen LogP contribution in [-0.2, 0) is 26.0 Å². The Bertz CT molecular complexity index is 1470. The lowest BCUT2D eigenvalue weighted by molar-refractivity contribution is -0.139. The molecule has 9 nitrogen and oxygen atoms in total. The predicted molar refractivity (Wildman–Crippen MR) is 165 cm³/mol. The number of rotatable bonds is 13. The number of sulfonamides is 1. The van der Waals surface area contributed by atoms with Crippen molar-refractivity contribution in [2.75, 3.05) is 31.6 Å². The van der Waals surface area contributed by atoms with Gasteiger partial charge < -0.3 is 19.7 Å². The summed E-state index contributed by atoms with van der Waals surface area (Å²) in [7, 11) is -1.37. The van der Waals surface area contributed by atoms with Gasteiger partial charge in [-0.15, -0.1) is 0 Å². The quantitative estimate of drug-likeness (QED) is 0.312. The van der Waals surface area contributed by atoms with Crippen molar-refractivity contribution in [3.05, 3.63) is 83.4 Å². The molecule has 0 fully saturated rings. The number of ether oxygens (including phenoxy) is 2. The predicted octanol–water partition coefficient (Wildman–Crippen LogP) is 4.50. The first-order valence-electron chi connectivity index (χ1n) is 13.8. The fraction of sp³-hybridized carbons (Fsp3) is 0.375. The molecular weight excluding hydrogens is 554 g/mol. The summed E-state index contributed by atoms with van der Waals surface area (Å²) in [6, 6.07) is 18.4. The first kappa shape index (κ1) is 32.5. The van der Waals surface area contributed by atoms with E-state index in [9.17, 15) is 18.0 Å². The van der Waals surface area contributed by atoms with Crippen molar-refractivity contribution in [2.24, 2.45) is 0 Å². The van der Waals surface area contributed by atoms with Crippen LogP contribution in [0, 0.1) is 13.8 Å². The zero-order valence-corrected chi connectivity index (χ0v) is 26.2. The Morgan fingerprint density at radius 1 is 0.857 bits per heavy atom. The van der Waals surface area contributed by atoms with E-state index >= 15 is 0 Å². The number of aryl methyl sites for hydroxylation is 2. The number of carbonyl (C=O) groups excluding carboxylic acids is 2. The maximum atomic E-state index is 14.2. The number of hydrogen-bond donors (Lipinski definition) is 1. The van der Waals surface area contributed by atoms with Crippen molar-refractivity contribution >= 4 is 27.5 Å². The zero-order valence-electron chi connectivity index (χ0n) is 25.4. The highest BCUT2D eigenvalue weighted by Gasteiger charge is 2.33. The molecule has 3 rings (SSSR count). The second kappa shape index (κ2) is 14.2. The Balaban J connectivity index is 2.06. The maximum Gasteiger partial charge on any atom is 0.264 e. The monoisotopic (exact) mass is 595 g/mol. The van der Waals surface area contributed by atoms with Gasteiger partial charge in [-0.2, -0.15) is 0 Å². The molecule has 226 valence electrons. The van der Waals surface area contributed by atoms with Crippen LogP contribution >= 0.6 is 0 Å². The number of nitrogens with zero attached hydrogens (tertiary/aromatic N) is 2. The molecule has 0 unspecified atom stereocenters. The average Bonchev–Trinajstić information content (AvgIpc) is 2.94. The van der Waals surface area contributed by atoms with Crippen LogP contribution in [0.4, 0.5) is 5.69 Å². The molecule has 0 aromatic heterocycles. The lowest BCUT2D eigenvalue weighted by atomic mass is 10.1. The van der Waals surface area contributed by atoms with E-state index < -0.39 is 28.5 Å². The summed E-state index contributed by atoms with van der Waals surface area (Å²) in [5.74, 6) is -0.191. The normalized spacial score (nSPS) is 12.0. The molecule has 0 aliphatic carbocycles. The summed E-state index contributed by atoms with van der Waals surface area (Å²) >= 11 is 0. The molecule has 0 aliphatic rings. The highest BCUT2D eigenvalue weighted by atomic mass is 32.2. The van der Waals surface area contributed by atoms with Crippen LogP contribution in [0.1, 0.15) is 37.5 Å². The molecule has 0 aliphatic heterocycles. The number of benzene rings is 3. The van der Waals surface area contributed by atoms with Gasteiger partial charge in [-0.05, 0) is 82.0 Å². The van der Waals surface area contributed by atoms with Gasteiger partial charge in [-0.25, -0.2) is 8.42 Å². The molecule has 42 heavy (non-hydrogen) atoms. The molecule has 0 spiro atoms. The topological polar surface area (TPSA) is 105 Å². The molecule has 0 bridgehead atoms. The van der Waals surface area contributed by atoms with Crippen LogP contribution in [0.5, 0.6) is 11.5 Å². The summed E-state index contributed by atoms with van der Waals surface area (Å²) in [5, 5.41) is 2.87. The van der Waals surface area contributed by atoms with Gasteiger partial charge in [-0.3, -0.25) is 13.9 Å². The van der Waals surface area contributed by atoms with E-state index in [2.05, 4.69) is 5.32 Å². The summed E-state index contributed by atoms with van der Waals surface area (Å²) in [6.45, 7) is 8.80. The van der Waals surface area contributed by atoms with Gasteiger partial charge in [0.1, 0.15) is 12.6 Å². The van der Waals surface area contributed by atoms with E-state index in [4.69, 9.17) is 9.47 Å². The zero-order chi connectivity index (χ0) is 31.0. The van der Waals surface area contributed by atoms with Crippen LogP contribution in [-0.4, -0.2) is 64.5 Å². The maximum absolute atomic E-state index is 14.2. The highest BCUT2D eigenvalue weighted by molar-refractivity contribution is 7.92. The Morgan fingerprint density at radius 3 is 2.05 bits per heavy atom. The molecule has 1 N–H and O–H groups in total. The smallest absolute Gasteiger partial charge is 0.264 e. The fourth-order valence-corrected chi connectivity index (χ4v) is 6.12. The molecule has 3 aromatic carbocycles. The Hall–Kier alpha value is -4.05. The van der Waals surface area contributed by atoms with E-state index in [1.54, 1.807) is 19.1 Å². The summed E-state index contributed by atoms with van der Waals surface area (Å²) in [5.41, 5.74) is 3.03. The summed E-state index contributed by atoms with van der Waals surface area (Å²) < 4.78 is 40.1. The van der Waals surface area contributed by atoms with Gasteiger partial charge in [0.2, 0.25) is 11.8 Å². The summed E-state index contributed by atoms with van der Waals surface area (Å²) in [4.78, 5) is 28.5. The van der Waals surface area contributed by atoms with Gasteiger partial charge in [0.25, 0.3) is 10.0 Å². The first-order valence-corrected chi connectivity index (χ1v) is 15.3. The molecule has 0 saturated carbocycles. The second-order valence-corrected chi connectivity index (χ2v) is 12.4. The lowest BCUT2D eigenvalue weighted by Gasteiger charge is -2.32. The van der Waals surface area contributed by atoms with Crippen LogP contribution in [0.2, 0.25) is 0 Å². The summed E-state index contributed by atoms with van der Waals surface area (Å²) in [6.07, 6.45) is 0.498. The Kier molecular flexibility index (Phi) is 11.0. The third-order valence-corrected chi connectivity index (χ3v) is 8.57. The largest absolute Gasteiger partial charge is 0.493 e. The number of nitrogens with one attached hydrogen (secondary N) is 1. The molecule has 0 heterocycles. The standard InChI is InChI=1S/C32H41N3O6S/c1-22(2)33-32(37)25(5)34(16-15-26-11-9-8-10-12-26)31(36)21-35(27-18-23(3)17-24(4)19-27)42(38,39)28-13-14-29(40-6)30(20-28)41-7/h8-14,17-20,22,25H,15-16,21H2,1-7H3,(H,33,37)/t25-/m0/s1. The lowest BCUT2D eigenvalue weighted by Crippen LogP contribution is -2.53. The average molecular weight is 596 g/mol. The number of anilines is 1. The molecule has 1 atom stereocenters. The van der Waals surface area contributed by atoms with Crippen LogP contribution in [0.25, 0.3) is 0 Å². The Labute approximate surface area is 249 Å². The van der Waals surface area contributed by atoms with Crippen molar-refractivity contribution in [1.29, 1.82) is 0 Å². The number of carbonyl (C=O) groups is 2. The highest BCUT2D eigenvalue weighted by Crippen LogP contribution is 2.33. The Morgan fingerprint density at radius 2 is 1.48 bits per heavy atom. The van der Waals surface area contributed by atoms with Gasteiger partial charge in [0.05, 0.1) is 24.8 Å². The van der Waals surface area contributed by atoms with Gasteiger partial charge >= 0.3 is 0 Å². The van der Waals surface area contributed by atoms with E-state index in [0.717, 1.165) is 21.0 Å². The van der Waals surface area contributed by atoms with E-state index in [0.29, 0.717) is 17.9 Å². The number of amides is 2. The second-order valence-electron chi connectivity index (χ2n) is 10.5. The van der Waals surface area contributed by atoms with Gasteiger partial charge in [0.15, 0.2) is 11.5 Å². The van der Waals surface area contributed by atoms with Crippen LogP contribution in [0.15, 0.2) is 71.6 Å². The van der Waals surface area contributed by atoms with E-state index in [1.165, 1.54) is 37.3 Å². The fourth-order valence-electron chi connectivity index (χ4n) is 4.70. The minimum Gasteiger partial charge on any atom is -0.493 e. The van der Waals surface area contributed by atoms with Crippen molar-refractivity contribution < 1.29 is 27.5 Å². The van der Waals surface area contributed by atoms with Gasteiger partial charge in [-0.1, -0.05) is 36.4 Å². The van der Waals surface area contributed by atoms with Crippen LogP contribution < -0.4 is 19.1 Å². The first-order chi connectivity index (χ1) is 19.9. The van der Waals surface area contributed by atoms with Crippen molar-refractivity contribution in [3.8, 4) is 11.5 Å². The molecule has 2 amide bonds. The SMILES string of the molecule is COc1ccc(S(=O)(=O)N(CC(=O)N(CCc2ccccc2)[C@@H](C)C(=O)NC(C)C)c2cc(C)cc(C)c2)cc1OC.